The molecule has 5 rings (SSSR count). The van der Waals surface area contributed by atoms with Gasteiger partial charge in [0.15, 0.2) is 0 Å². The second kappa shape index (κ2) is 11.8. The van der Waals surface area contributed by atoms with Crippen LogP contribution in [-0.4, -0.2) is 40.9 Å². The first kappa shape index (κ1) is 30.8. The van der Waals surface area contributed by atoms with Gasteiger partial charge in [-0.2, -0.15) is 0 Å². The van der Waals surface area contributed by atoms with Crippen molar-refractivity contribution in [1.29, 1.82) is 0 Å². The summed E-state index contributed by atoms with van der Waals surface area (Å²) in [4.78, 5) is 25.5. The molecule has 1 saturated carbocycles. The molecule has 1 amide bonds. The number of benzene rings is 2. The van der Waals surface area contributed by atoms with Crippen molar-refractivity contribution in [2.24, 2.45) is 12.5 Å². The van der Waals surface area contributed by atoms with Gasteiger partial charge in [-0.25, -0.2) is 4.39 Å². The van der Waals surface area contributed by atoms with Crippen LogP contribution in [0.1, 0.15) is 63.1 Å². The fraction of sp³-hybridized carbons (Fsp3) is 0.471. The average Bonchev–Trinajstić information content (AvgIpc) is 2.91. The minimum Gasteiger partial charge on any atom is -0.490 e. The van der Waals surface area contributed by atoms with E-state index in [9.17, 15) is 19.1 Å². The minimum atomic E-state index is -1.14. The third-order valence-corrected chi connectivity index (χ3v) is 8.50. The van der Waals surface area contributed by atoms with E-state index in [1.165, 1.54) is 22.8 Å². The summed E-state index contributed by atoms with van der Waals surface area (Å²) in [5.41, 5.74) is 1.41. The number of hydrogen-bond donors (Lipinski definition) is 2. The standard InChI is InChI=1S/C34H41FN2O6/c1-20-13-23(35)14-21(2)31(20)43-28-12-7-22(33(3,4)40)15-26(28)27-17-37(6)30(38)16-29(27)42-25-10-8-24(9-11-25)36-32(39)34(5)18-41-19-34/h7,12-17,24-25,40H,8-11,18-19H2,1-6H3,(H,36,39)/t24-,25-. The second-order valence-electron chi connectivity index (χ2n) is 12.9. The molecule has 0 radical (unpaired) electrons. The number of carbonyl (C=O) groups excluding carboxylic acids is 1. The molecule has 1 aliphatic carbocycles. The third kappa shape index (κ3) is 6.63. The second-order valence-corrected chi connectivity index (χ2v) is 12.9. The van der Waals surface area contributed by atoms with Crippen LogP contribution in [0.3, 0.4) is 0 Å². The minimum absolute atomic E-state index is 0.0304. The zero-order valence-electron chi connectivity index (χ0n) is 25.8. The maximum Gasteiger partial charge on any atom is 0.254 e. The van der Waals surface area contributed by atoms with E-state index in [-0.39, 0.29) is 29.4 Å². The molecule has 0 spiro atoms. The molecule has 2 heterocycles. The number of pyridine rings is 1. The zero-order chi connectivity index (χ0) is 31.1. The summed E-state index contributed by atoms with van der Waals surface area (Å²) in [5, 5.41) is 14.0. The highest BCUT2D eigenvalue weighted by molar-refractivity contribution is 5.83. The lowest BCUT2D eigenvalue weighted by Crippen LogP contribution is -2.54. The molecule has 8 nitrogen and oxygen atoms in total. The molecular formula is C34H41FN2O6. The molecule has 1 aliphatic heterocycles. The first-order valence-electron chi connectivity index (χ1n) is 14.8. The Balaban J connectivity index is 1.45. The molecule has 3 aromatic rings. The number of amides is 1. The molecule has 1 aromatic heterocycles. The van der Waals surface area contributed by atoms with Crippen molar-refractivity contribution in [3.05, 3.63) is 75.5 Å². The molecular weight excluding hydrogens is 551 g/mol. The van der Waals surface area contributed by atoms with E-state index in [0.717, 1.165) is 12.8 Å². The van der Waals surface area contributed by atoms with Gasteiger partial charge in [0.25, 0.3) is 5.56 Å². The number of aliphatic hydroxyl groups is 1. The van der Waals surface area contributed by atoms with Crippen molar-refractivity contribution in [2.45, 2.75) is 78.0 Å². The lowest BCUT2D eigenvalue weighted by molar-refractivity contribution is -0.158. The van der Waals surface area contributed by atoms with Crippen molar-refractivity contribution in [3.63, 3.8) is 0 Å². The lowest BCUT2D eigenvalue weighted by atomic mass is 9.86. The van der Waals surface area contributed by atoms with Gasteiger partial charge in [-0.15, -0.1) is 0 Å². The first-order valence-corrected chi connectivity index (χ1v) is 14.8. The maximum atomic E-state index is 14.0. The Morgan fingerprint density at radius 3 is 2.28 bits per heavy atom. The van der Waals surface area contributed by atoms with Crippen LogP contribution in [0.2, 0.25) is 0 Å². The highest BCUT2D eigenvalue weighted by Gasteiger charge is 2.42. The number of ether oxygens (including phenoxy) is 3. The topological polar surface area (TPSA) is 99.0 Å². The van der Waals surface area contributed by atoms with Crippen LogP contribution in [0.15, 0.2) is 47.4 Å². The molecule has 43 heavy (non-hydrogen) atoms. The van der Waals surface area contributed by atoms with Crippen molar-refractivity contribution in [1.82, 2.24) is 9.88 Å². The fourth-order valence-electron chi connectivity index (χ4n) is 5.69. The van der Waals surface area contributed by atoms with E-state index in [1.54, 1.807) is 53.1 Å². The SMILES string of the molecule is Cc1cc(F)cc(C)c1Oc1ccc(C(C)(C)O)cc1-c1cn(C)c(=O)cc1O[C@H]1CC[C@H](NC(=O)C2(C)COC2)CC1. The quantitative estimate of drug-likeness (QED) is 0.350. The van der Waals surface area contributed by atoms with Crippen molar-refractivity contribution >= 4 is 5.91 Å². The van der Waals surface area contributed by atoms with Gasteiger partial charge < -0.3 is 29.2 Å². The normalized spacial score (nSPS) is 19.8. The maximum absolute atomic E-state index is 14.0. The highest BCUT2D eigenvalue weighted by Crippen LogP contribution is 2.42. The van der Waals surface area contributed by atoms with E-state index in [1.807, 2.05) is 13.0 Å². The first-order chi connectivity index (χ1) is 20.2. The summed E-state index contributed by atoms with van der Waals surface area (Å²) in [6, 6.07) is 9.81. The van der Waals surface area contributed by atoms with Crippen molar-refractivity contribution < 1.29 is 28.5 Å². The summed E-state index contributed by atoms with van der Waals surface area (Å²) in [7, 11) is 1.67. The van der Waals surface area contributed by atoms with Crippen LogP contribution in [-0.2, 0) is 22.2 Å². The molecule has 2 fully saturated rings. The largest absolute Gasteiger partial charge is 0.490 e. The average molecular weight is 593 g/mol. The van der Waals surface area contributed by atoms with E-state index < -0.39 is 11.0 Å². The Morgan fingerprint density at radius 2 is 1.70 bits per heavy atom. The molecule has 2 aromatic carbocycles. The number of nitrogens with zero attached hydrogens (tertiary/aromatic N) is 1. The fourth-order valence-corrected chi connectivity index (χ4v) is 5.69. The summed E-state index contributed by atoms with van der Waals surface area (Å²) in [5.74, 6) is 1.12. The summed E-state index contributed by atoms with van der Waals surface area (Å²) < 4.78 is 33.7. The Kier molecular flexibility index (Phi) is 8.42. The molecule has 2 N–H and O–H groups in total. The molecule has 2 aliphatic rings. The van der Waals surface area contributed by atoms with Gasteiger partial charge in [-0.3, -0.25) is 9.59 Å². The number of halogens is 1. The third-order valence-electron chi connectivity index (χ3n) is 8.50. The summed E-state index contributed by atoms with van der Waals surface area (Å²) >= 11 is 0. The summed E-state index contributed by atoms with van der Waals surface area (Å²) in [6.45, 7) is 9.80. The Labute approximate surface area is 251 Å². The number of aryl methyl sites for hydroxylation is 3. The molecule has 9 heteroatoms. The summed E-state index contributed by atoms with van der Waals surface area (Å²) in [6.07, 6.45) is 4.52. The van der Waals surface area contributed by atoms with Crippen LogP contribution in [0.25, 0.3) is 11.1 Å². The van der Waals surface area contributed by atoms with Gasteiger partial charge in [-0.1, -0.05) is 6.07 Å². The predicted octanol–water partition coefficient (Wildman–Crippen LogP) is 5.67. The highest BCUT2D eigenvalue weighted by atomic mass is 19.1. The van der Waals surface area contributed by atoms with E-state index in [0.29, 0.717) is 71.1 Å². The van der Waals surface area contributed by atoms with Gasteiger partial charge in [-0.05, 0) is 101 Å². The van der Waals surface area contributed by atoms with Gasteiger partial charge in [0.2, 0.25) is 5.91 Å². The number of nitrogens with one attached hydrogen (secondary N) is 1. The number of aromatic nitrogens is 1. The number of carbonyl (C=O) groups is 1. The van der Waals surface area contributed by atoms with Crippen LogP contribution in [0, 0.1) is 25.1 Å². The van der Waals surface area contributed by atoms with Gasteiger partial charge >= 0.3 is 0 Å². The van der Waals surface area contributed by atoms with Crippen LogP contribution >= 0.6 is 0 Å². The lowest BCUT2D eigenvalue weighted by Gasteiger charge is -2.38. The van der Waals surface area contributed by atoms with Gasteiger partial charge in [0.05, 0.1) is 30.3 Å². The van der Waals surface area contributed by atoms with Crippen molar-refractivity contribution in [3.8, 4) is 28.4 Å². The monoisotopic (exact) mass is 592 g/mol. The van der Waals surface area contributed by atoms with Gasteiger partial charge in [0.1, 0.15) is 23.1 Å². The van der Waals surface area contributed by atoms with Crippen LogP contribution in [0.5, 0.6) is 17.2 Å². The molecule has 0 unspecified atom stereocenters. The molecule has 1 saturated heterocycles. The predicted molar refractivity (Wildman–Crippen MR) is 162 cm³/mol. The zero-order valence-corrected chi connectivity index (χ0v) is 25.8. The Hall–Kier alpha value is -3.69. The molecule has 0 bridgehead atoms. The van der Waals surface area contributed by atoms with Crippen LogP contribution in [0.4, 0.5) is 4.39 Å². The number of hydrogen-bond acceptors (Lipinski definition) is 6. The molecule has 230 valence electrons. The Morgan fingerprint density at radius 1 is 1.05 bits per heavy atom. The Bertz CT molecular complexity index is 1560. The number of rotatable bonds is 8. The van der Waals surface area contributed by atoms with E-state index in [4.69, 9.17) is 14.2 Å². The molecule has 0 atom stereocenters. The van der Waals surface area contributed by atoms with E-state index >= 15 is 0 Å². The van der Waals surface area contributed by atoms with E-state index in [2.05, 4.69) is 5.32 Å². The van der Waals surface area contributed by atoms with Crippen molar-refractivity contribution in [2.75, 3.05) is 13.2 Å². The van der Waals surface area contributed by atoms with Gasteiger partial charge in [0, 0.05) is 36.5 Å². The van der Waals surface area contributed by atoms with Crippen LogP contribution < -0.4 is 20.3 Å². The smallest absolute Gasteiger partial charge is 0.254 e.